The van der Waals surface area contributed by atoms with Crippen molar-refractivity contribution in [3.8, 4) is 16.5 Å². The molecule has 0 atom stereocenters. The van der Waals surface area contributed by atoms with E-state index in [2.05, 4.69) is 37.2 Å². The van der Waals surface area contributed by atoms with E-state index < -0.39 is 0 Å². The Kier molecular flexibility index (Phi) is 7.42. The molecule has 5 rings (SSSR count). The van der Waals surface area contributed by atoms with E-state index >= 15 is 0 Å². The Morgan fingerprint density at radius 3 is 2.60 bits per heavy atom. The molecule has 0 aliphatic heterocycles. The number of thiazole rings is 1. The van der Waals surface area contributed by atoms with Crippen LogP contribution < -0.4 is 4.74 Å². The number of carbonyl (C=O) groups is 2. The van der Waals surface area contributed by atoms with Gasteiger partial charge in [-0.2, -0.15) is 0 Å². The predicted octanol–water partition coefficient (Wildman–Crippen LogP) is 6.11. The SMILES string of the molecule is COC(=O)Cc1c(Cc2ccc3oc(-c4nc(C(C)(C)C)cs4)cc3c2)[nH]c2ccc(OCC(=O)N(C)C)cc12. The van der Waals surface area contributed by atoms with Crippen LogP contribution in [0.5, 0.6) is 5.75 Å². The Bertz CT molecular complexity index is 1700. The highest BCUT2D eigenvalue weighted by atomic mass is 32.1. The van der Waals surface area contributed by atoms with E-state index in [1.54, 1.807) is 25.4 Å². The van der Waals surface area contributed by atoms with Crippen molar-refractivity contribution in [2.24, 2.45) is 0 Å². The van der Waals surface area contributed by atoms with Gasteiger partial charge in [0, 0.05) is 53.3 Å². The molecule has 0 fully saturated rings. The molecule has 0 aliphatic rings. The van der Waals surface area contributed by atoms with Gasteiger partial charge in [0.05, 0.1) is 19.2 Å². The molecule has 0 spiro atoms. The number of hydrogen-bond donors (Lipinski definition) is 1. The van der Waals surface area contributed by atoms with Gasteiger partial charge in [0.1, 0.15) is 11.3 Å². The van der Waals surface area contributed by atoms with E-state index in [0.717, 1.165) is 55.2 Å². The Morgan fingerprint density at radius 1 is 1.10 bits per heavy atom. The quantitative estimate of drug-likeness (QED) is 0.231. The second-order valence-corrected chi connectivity index (χ2v) is 11.9. The van der Waals surface area contributed by atoms with Gasteiger partial charge in [-0.3, -0.25) is 9.59 Å². The molecule has 1 amide bonds. The van der Waals surface area contributed by atoms with Gasteiger partial charge in [0.15, 0.2) is 17.4 Å². The lowest BCUT2D eigenvalue weighted by Crippen LogP contribution is -2.27. The molecule has 0 bridgehead atoms. The molecule has 3 aromatic heterocycles. The summed E-state index contributed by atoms with van der Waals surface area (Å²) in [6.45, 7) is 6.38. The Labute approximate surface area is 236 Å². The maximum absolute atomic E-state index is 12.3. The maximum Gasteiger partial charge on any atom is 0.310 e. The lowest BCUT2D eigenvalue weighted by atomic mass is 9.93. The van der Waals surface area contributed by atoms with E-state index in [1.807, 2.05) is 36.4 Å². The minimum Gasteiger partial charge on any atom is -0.484 e. The zero-order valence-electron chi connectivity index (χ0n) is 23.6. The molecule has 2 aromatic carbocycles. The van der Waals surface area contributed by atoms with E-state index in [-0.39, 0.29) is 30.3 Å². The fourth-order valence-electron chi connectivity index (χ4n) is 4.46. The highest BCUT2D eigenvalue weighted by molar-refractivity contribution is 7.13. The third-order valence-corrected chi connectivity index (χ3v) is 7.68. The number of aromatic amines is 1. The van der Waals surface area contributed by atoms with Crippen molar-refractivity contribution in [2.45, 2.75) is 39.0 Å². The monoisotopic (exact) mass is 559 g/mol. The van der Waals surface area contributed by atoms with Gasteiger partial charge in [-0.05, 0) is 47.5 Å². The van der Waals surface area contributed by atoms with Gasteiger partial charge in [-0.1, -0.05) is 26.8 Å². The van der Waals surface area contributed by atoms with Gasteiger partial charge in [-0.25, -0.2) is 4.98 Å². The van der Waals surface area contributed by atoms with Crippen LogP contribution in [0.1, 0.15) is 43.3 Å². The molecular formula is C31H33N3O5S. The third-order valence-electron chi connectivity index (χ3n) is 6.82. The largest absolute Gasteiger partial charge is 0.484 e. The minimum absolute atomic E-state index is 0.0219. The predicted molar refractivity (Wildman–Crippen MR) is 157 cm³/mol. The number of carbonyl (C=O) groups excluding carboxylic acids is 2. The highest BCUT2D eigenvalue weighted by Gasteiger charge is 2.20. The lowest BCUT2D eigenvalue weighted by molar-refractivity contribution is -0.139. The lowest BCUT2D eigenvalue weighted by Gasteiger charge is -2.13. The molecule has 9 heteroatoms. The average molecular weight is 560 g/mol. The number of fused-ring (bicyclic) bond motifs is 2. The van der Waals surface area contributed by atoms with E-state index in [0.29, 0.717) is 12.2 Å². The molecule has 0 aliphatic carbocycles. The number of esters is 1. The van der Waals surface area contributed by atoms with Crippen LogP contribution in [0.25, 0.3) is 32.6 Å². The van der Waals surface area contributed by atoms with Crippen molar-refractivity contribution in [2.75, 3.05) is 27.8 Å². The van der Waals surface area contributed by atoms with Crippen LogP contribution in [0.2, 0.25) is 0 Å². The summed E-state index contributed by atoms with van der Waals surface area (Å²) in [7, 11) is 4.76. The number of methoxy groups -OCH3 is 1. The van der Waals surface area contributed by atoms with Gasteiger partial charge >= 0.3 is 5.97 Å². The van der Waals surface area contributed by atoms with Gasteiger partial charge in [-0.15, -0.1) is 11.3 Å². The van der Waals surface area contributed by atoms with Crippen molar-refractivity contribution in [3.05, 3.63) is 70.4 Å². The topological polar surface area (TPSA) is 97.7 Å². The number of amides is 1. The minimum atomic E-state index is -0.329. The number of hydrogen-bond acceptors (Lipinski definition) is 7. The molecular weight excluding hydrogens is 526 g/mol. The fraction of sp³-hybridized carbons (Fsp3) is 0.323. The van der Waals surface area contributed by atoms with Crippen LogP contribution in [0.15, 0.2) is 52.3 Å². The summed E-state index contributed by atoms with van der Waals surface area (Å²) in [6, 6.07) is 13.7. The Hall–Kier alpha value is -4.11. The van der Waals surface area contributed by atoms with Crippen molar-refractivity contribution in [1.82, 2.24) is 14.9 Å². The highest BCUT2D eigenvalue weighted by Crippen LogP contribution is 2.34. The number of nitrogens with zero attached hydrogens (tertiary/aromatic N) is 2. The van der Waals surface area contributed by atoms with Crippen LogP contribution in [-0.2, 0) is 32.6 Å². The molecule has 8 nitrogen and oxygen atoms in total. The normalized spacial score (nSPS) is 11.8. The molecule has 5 aromatic rings. The van der Waals surface area contributed by atoms with Crippen LogP contribution in [0.3, 0.4) is 0 Å². The molecule has 0 saturated carbocycles. The smallest absolute Gasteiger partial charge is 0.310 e. The first kappa shape index (κ1) is 27.5. The first-order valence-corrected chi connectivity index (χ1v) is 13.9. The second-order valence-electron chi connectivity index (χ2n) is 11.1. The van der Waals surface area contributed by atoms with Crippen LogP contribution >= 0.6 is 11.3 Å². The summed E-state index contributed by atoms with van der Waals surface area (Å²) in [5, 5.41) is 4.81. The van der Waals surface area contributed by atoms with Crippen LogP contribution in [0.4, 0.5) is 0 Å². The van der Waals surface area contributed by atoms with Crippen molar-refractivity contribution in [3.63, 3.8) is 0 Å². The maximum atomic E-state index is 12.3. The molecule has 40 heavy (non-hydrogen) atoms. The van der Waals surface area contributed by atoms with E-state index in [4.69, 9.17) is 18.9 Å². The van der Waals surface area contributed by atoms with Crippen LogP contribution in [-0.4, -0.2) is 54.6 Å². The number of rotatable bonds is 8. The zero-order valence-corrected chi connectivity index (χ0v) is 24.4. The summed E-state index contributed by atoms with van der Waals surface area (Å²) in [6.07, 6.45) is 0.697. The number of benzene rings is 2. The standard InChI is InChI=1S/C31H33N3O5S/c1-31(2,3)27-17-40-30(33-27)26-13-19-11-18(7-10-25(19)39-26)12-24-22(15-29(36)37-6)21-14-20(8-9-23(21)32-24)38-16-28(35)34(4)5/h7-11,13-14,17,32H,12,15-16H2,1-6H3. The molecule has 1 N–H and O–H groups in total. The van der Waals surface area contributed by atoms with E-state index in [1.165, 1.54) is 12.0 Å². The summed E-state index contributed by atoms with van der Waals surface area (Å²) in [5.74, 6) is 0.852. The first-order chi connectivity index (χ1) is 19.0. The number of H-pyrrole nitrogens is 1. The van der Waals surface area contributed by atoms with Gasteiger partial charge in [0.2, 0.25) is 0 Å². The molecule has 208 valence electrons. The summed E-state index contributed by atoms with van der Waals surface area (Å²) in [5.41, 5.74) is 5.53. The first-order valence-electron chi connectivity index (χ1n) is 13.0. The van der Waals surface area contributed by atoms with Crippen LogP contribution in [0, 0.1) is 0 Å². The second kappa shape index (κ2) is 10.8. The molecule has 0 saturated heterocycles. The summed E-state index contributed by atoms with van der Waals surface area (Å²) < 4.78 is 16.8. The Balaban J connectivity index is 1.45. The molecule has 0 unspecified atom stereocenters. The third kappa shape index (κ3) is 5.74. The van der Waals surface area contributed by atoms with Crippen molar-refractivity contribution in [1.29, 1.82) is 0 Å². The molecule has 0 radical (unpaired) electrons. The summed E-state index contributed by atoms with van der Waals surface area (Å²) >= 11 is 1.59. The number of aromatic nitrogens is 2. The number of furan rings is 1. The molecule has 3 heterocycles. The average Bonchev–Trinajstić information content (AvgIpc) is 3.64. The van der Waals surface area contributed by atoms with E-state index in [9.17, 15) is 9.59 Å². The van der Waals surface area contributed by atoms with Gasteiger partial charge < -0.3 is 23.8 Å². The number of likely N-dealkylation sites (N-methyl/N-ethyl adjacent to an activating group) is 1. The van der Waals surface area contributed by atoms with Gasteiger partial charge in [0.25, 0.3) is 5.91 Å². The Morgan fingerprint density at radius 2 is 1.90 bits per heavy atom. The fourth-order valence-corrected chi connectivity index (χ4v) is 5.46. The summed E-state index contributed by atoms with van der Waals surface area (Å²) in [4.78, 5) is 34.1. The number of nitrogens with one attached hydrogen (secondary N) is 1. The van der Waals surface area contributed by atoms with Crippen molar-refractivity contribution >= 4 is 45.1 Å². The van der Waals surface area contributed by atoms with Crippen molar-refractivity contribution < 1.29 is 23.5 Å². The zero-order chi connectivity index (χ0) is 28.6. The number of ether oxygens (including phenoxy) is 2.